The van der Waals surface area contributed by atoms with Crippen molar-refractivity contribution in [1.82, 2.24) is 19.7 Å². The summed E-state index contributed by atoms with van der Waals surface area (Å²) in [6.07, 6.45) is 1.34. The van der Waals surface area contributed by atoms with Crippen molar-refractivity contribution in [3.05, 3.63) is 47.7 Å². The third-order valence-electron chi connectivity index (χ3n) is 6.24. The predicted octanol–water partition coefficient (Wildman–Crippen LogP) is 2.30. The molecule has 0 radical (unpaired) electrons. The van der Waals surface area contributed by atoms with Gasteiger partial charge in [0.15, 0.2) is 0 Å². The molecule has 0 saturated carbocycles. The van der Waals surface area contributed by atoms with Crippen LogP contribution in [0.5, 0.6) is 5.88 Å². The quantitative estimate of drug-likeness (QED) is 0.671. The molecule has 8 nitrogen and oxygen atoms in total. The third kappa shape index (κ3) is 5.93. The summed E-state index contributed by atoms with van der Waals surface area (Å²) in [6, 6.07) is 9.47. The molecule has 1 N–H and O–H groups in total. The van der Waals surface area contributed by atoms with E-state index < -0.39 is 0 Å². The van der Waals surface area contributed by atoms with Crippen molar-refractivity contribution < 1.29 is 19.4 Å². The molecule has 1 aromatic heterocycles. The number of fused-ring (bicyclic) bond motifs is 1. The van der Waals surface area contributed by atoms with E-state index >= 15 is 0 Å². The molecule has 2 amide bonds. The summed E-state index contributed by atoms with van der Waals surface area (Å²) in [7, 11) is 5.47. The number of likely N-dealkylation sites (N-methyl/N-ethyl adjacent to an activating group) is 2. The highest BCUT2D eigenvalue weighted by atomic mass is 16.5. The normalized spacial score (nSPS) is 19.2. The maximum Gasteiger partial charge on any atom is 0.259 e. The van der Waals surface area contributed by atoms with Gasteiger partial charge in [-0.25, -0.2) is 4.98 Å². The first-order chi connectivity index (χ1) is 16.1. The highest BCUT2D eigenvalue weighted by Crippen LogP contribution is 2.30. The van der Waals surface area contributed by atoms with E-state index in [0.29, 0.717) is 25.2 Å². The lowest BCUT2D eigenvalue weighted by atomic mass is 9.99. The summed E-state index contributed by atoms with van der Waals surface area (Å²) in [6.45, 7) is 6.76. The lowest BCUT2D eigenvalue weighted by Gasteiger charge is -2.37. The van der Waals surface area contributed by atoms with Crippen LogP contribution in [0.1, 0.15) is 29.8 Å². The first-order valence-corrected chi connectivity index (χ1v) is 11.6. The van der Waals surface area contributed by atoms with Crippen LogP contribution in [-0.4, -0.2) is 96.1 Å². The molecular weight excluding hydrogens is 432 g/mol. The zero-order chi connectivity index (χ0) is 25.0. The number of carbonyl (C=O) groups is 2. The number of aliphatic hydroxyl groups is 1. The Balaban J connectivity index is 1.98. The molecule has 184 valence electrons. The average Bonchev–Trinajstić information content (AvgIpc) is 2.80. The summed E-state index contributed by atoms with van der Waals surface area (Å²) in [5.41, 5.74) is 3.28. The second kappa shape index (κ2) is 11.0. The van der Waals surface area contributed by atoms with Crippen LogP contribution in [0.2, 0.25) is 0 Å². The number of hydrogen-bond donors (Lipinski definition) is 1. The predicted molar refractivity (Wildman–Crippen MR) is 132 cm³/mol. The SMILES string of the molecule is Cc1ccc(-c2cnc3c(c2)C(=O)N([C@H](C)CO)C[C@@H](C)[C@@H](CN(C)C(=O)CN(C)C)O3)cc1. The van der Waals surface area contributed by atoms with Crippen LogP contribution in [-0.2, 0) is 4.79 Å². The molecule has 0 spiro atoms. The summed E-state index contributed by atoms with van der Waals surface area (Å²) >= 11 is 0. The fourth-order valence-corrected chi connectivity index (χ4v) is 3.99. The lowest BCUT2D eigenvalue weighted by molar-refractivity contribution is -0.132. The number of carbonyl (C=O) groups excluding carboxylic acids is 2. The summed E-state index contributed by atoms with van der Waals surface area (Å²) in [5.74, 6) is -0.0666. The largest absolute Gasteiger partial charge is 0.472 e. The van der Waals surface area contributed by atoms with Crippen LogP contribution in [0.25, 0.3) is 11.1 Å². The molecular formula is C26H36N4O4. The topological polar surface area (TPSA) is 86.2 Å². The van der Waals surface area contributed by atoms with Gasteiger partial charge in [-0.05, 0) is 39.6 Å². The van der Waals surface area contributed by atoms with Crippen LogP contribution in [0.4, 0.5) is 0 Å². The number of benzene rings is 1. The second-order valence-electron chi connectivity index (χ2n) is 9.58. The number of nitrogens with zero attached hydrogens (tertiary/aromatic N) is 4. The van der Waals surface area contributed by atoms with Crippen LogP contribution < -0.4 is 4.74 Å². The molecule has 0 fully saturated rings. The number of aliphatic hydroxyl groups excluding tert-OH is 1. The standard InChI is InChI=1S/C26H36N4O4/c1-17-7-9-20(10-8-17)21-11-22-25(27-12-21)34-23(14-29(6)24(32)15-28(4)5)18(2)13-30(26(22)33)19(3)16-31/h7-12,18-19,23,31H,13-16H2,1-6H3/t18-,19-,23-/m1/s1. The minimum atomic E-state index is -0.367. The fraction of sp³-hybridized carbons (Fsp3) is 0.500. The van der Waals surface area contributed by atoms with Gasteiger partial charge < -0.3 is 24.5 Å². The van der Waals surface area contributed by atoms with Gasteiger partial charge in [-0.2, -0.15) is 0 Å². The first kappa shape index (κ1) is 25.6. The Bertz CT molecular complexity index is 1010. The number of aryl methyl sites for hydroxylation is 1. The Labute approximate surface area is 202 Å². The molecule has 1 aromatic carbocycles. The molecule has 1 aliphatic heterocycles. The van der Waals surface area contributed by atoms with Gasteiger partial charge >= 0.3 is 0 Å². The molecule has 1 aliphatic rings. The van der Waals surface area contributed by atoms with Crippen molar-refractivity contribution in [3.63, 3.8) is 0 Å². The lowest BCUT2D eigenvalue weighted by Crippen LogP contribution is -2.51. The minimum Gasteiger partial charge on any atom is -0.472 e. The van der Waals surface area contributed by atoms with E-state index in [0.717, 1.165) is 16.7 Å². The minimum absolute atomic E-state index is 0.0116. The van der Waals surface area contributed by atoms with Crippen LogP contribution >= 0.6 is 0 Å². The van der Waals surface area contributed by atoms with Gasteiger partial charge in [-0.15, -0.1) is 0 Å². The first-order valence-electron chi connectivity index (χ1n) is 11.6. The number of aromatic nitrogens is 1. The molecule has 0 saturated heterocycles. The van der Waals surface area contributed by atoms with E-state index in [4.69, 9.17) is 4.74 Å². The van der Waals surface area contributed by atoms with Crippen molar-refractivity contribution >= 4 is 11.8 Å². The maximum absolute atomic E-state index is 13.6. The molecule has 3 atom stereocenters. The molecule has 8 heteroatoms. The van der Waals surface area contributed by atoms with Gasteiger partial charge in [-0.3, -0.25) is 9.59 Å². The van der Waals surface area contributed by atoms with Crippen molar-refractivity contribution in [2.24, 2.45) is 5.92 Å². The highest BCUT2D eigenvalue weighted by molar-refractivity contribution is 5.98. The zero-order valence-corrected chi connectivity index (χ0v) is 21.0. The summed E-state index contributed by atoms with van der Waals surface area (Å²) in [4.78, 5) is 35.8. The Hall–Kier alpha value is -2.97. The number of rotatable bonds is 7. The maximum atomic E-state index is 13.6. The van der Waals surface area contributed by atoms with E-state index in [9.17, 15) is 14.7 Å². The van der Waals surface area contributed by atoms with Crippen LogP contribution in [0.3, 0.4) is 0 Å². The van der Waals surface area contributed by atoms with Gasteiger partial charge in [-0.1, -0.05) is 36.8 Å². The fourth-order valence-electron chi connectivity index (χ4n) is 3.99. The Morgan fingerprint density at radius 3 is 2.53 bits per heavy atom. The van der Waals surface area contributed by atoms with Gasteiger partial charge in [0.2, 0.25) is 11.8 Å². The van der Waals surface area contributed by atoms with Gasteiger partial charge in [0.05, 0.1) is 25.7 Å². The Morgan fingerprint density at radius 1 is 1.24 bits per heavy atom. The molecule has 2 heterocycles. The monoisotopic (exact) mass is 468 g/mol. The van der Waals surface area contributed by atoms with E-state index in [1.165, 1.54) is 0 Å². The van der Waals surface area contributed by atoms with Crippen molar-refractivity contribution in [2.45, 2.75) is 32.9 Å². The summed E-state index contributed by atoms with van der Waals surface area (Å²) in [5, 5.41) is 9.83. The van der Waals surface area contributed by atoms with E-state index in [-0.39, 0.29) is 42.4 Å². The van der Waals surface area contributed by atoms with Crippen molar-refractivity contribution in [3.8, 4) is 17.0 Å². The van der Waals surface area contributed by atoms with Gasteiger partial charge in [0.25, 0.3) is 5.91 Å². The second-order valence-corrected chi connectivity index (χ2v) is 9.58. The molecule has 0 bridgehead atoms. The van der Waals surface area contributed by atoms with E-state index in [1.807, 2.05) is 64.0 Å². The molecule has 0 unspecified atom stereocenters. The number of hydrogen-bond acceptors (Lipinski definition) is 6. The van der Waals surface area contributed by atoms with Crippen LogP contribution in [0, 0.1) is 12.8 Å². The smallest absolute Gasteiger partial charge is 0.259 e. The van der Waals surface area contributed by atoms with Crippen molar-refractivity contribution in [2.75, 3.05) is 47.4 Å². The zero-order valence-electron chi connectivity index (χ0n) is 21.0. The number of amides is 2. The number of pyridine rings is 1. The third-order valence-corrected chi connectivity index (χ3v) is 6.24. The molecule has 3 rings (SSSR count). The molecule has 34 heavy (non-hydrogen) atoms. The van der Waals surface area contributed by atoms with E-state index in [1.54, 1.807) is 29.1 Å². The highest BCUT2D eigenvalue weighted by Gasteiger charge is 2.34. The van der Waals surface area contributed by atoms with E-state index in [2.05, 4.69) is 4.98 Å². The molecule has 2 aromatic rings. The Morgan fingerprint density at radius 2 is 1.91 bits per heavy atom. The van der Waals surface area contributed by atoms with Crippen molar-refractivity contribution in [1.29, 1.82) is 0 Å². The van der Waals surface area contributed by atoms with Gasteiger partial charge in [0.1, 0.15) is 11.7 Å². The summed E-state index contributed by atoms with van der Waals surface area (Å²) < 4.78 is 6.29. The van der Waals surface area contributed by atoms with Crippen LogP contribution in [0.15, 0.2) is 36.5 Å². The molecule has 0 aliphatic carbocycles. The average molecular weight is 469 g/mol. The number of ether oxygens (including phenoxy) is 1. The Kier molecular flexibility index (Phi) is 8.28. The van der Waals surface area contributed by atoms with Gasteiger partial charge in [0, 0.05) is 31.3 Å².